The second kappa shape index (κ2) is 13.3. The maximum absolute atomic E-state index is 13.4. The highest BCUT2D eigenvalue weighted by Crippen LogP contribution is 2.39. The fourth-order valence-corrected chi connectivity index (χ4v) is 4.79. The lowest BCUT2D eigenvalue weighted by atomic mass is 9.91. The number of hydrogen-bond donors (Lipinski definition) is 3. The summed E-state index contributed by atoms with van der Waals surface area (Å²) in [4.78, 5) is 40.9. The maximum atomic E-state index is 13.4. The number of nitrogens with one attached hydrogen (secondary N) is 3. The molecule has 4 rings (SSSR count). The number of esters is 1. The number of halogens is 6. The van der Waals surface area contributed by atoms with Gasteiger partial charge in [-0.05, 0) is 54.8 Å². The van der Waals surface area contributed by atoms with E-state index < -0.39 is 53.2 Å². The van der Waals surface area contributed by atoms with Gasteiger partial charge < -0.3 is 20.7 Å². The Labute approximate surface area is 254 Å². The Kier molecular flexibility index (Phi) is 9.74. The molecule has 0 aromatic heterocycles. The van der Waals surface area contributed by atoms with Crippen molar-refractivity contribution in [2.24, 2.45) is 0 Å². The van der Waals surface area contributed by atoms with Crippen molar-refractivity contribution in [1.29, 1.82) is 0 Å². The van der Waals surface area contributed by atoms with E-state index in [0.29, 0.717) is 41.9 Å². The fraction of sp³-hybridized carbons (Fsp3) is 0.258. The zero-order valence-corrected chi connectivity index (χ0v) is 24.0. The molecular formula is C31H28F6N4O4. The quantitative estimate of drug-likeness (QED) is 0.174. The van der Waals surface area contributed by atoms with E-state index in [0.717, 1.165) is 0 Å². The highest BCUT2D eigenvalue weighted by atomic mass is 19.4. The number of urea groups is 2. The first-order valence-corrected chi connectivity index (χ1v) is 13.7. The molecule has 3 aromatic carbocycles. The van der Waals surface area contributed by atoms with E-state index in [1.165, 1.54) is 23.1 Å². The number of benzene rings is 3. The first-order chi connectivity index (χ1) is 21.2. The number of amides is 4. The van der Waals surface area contributed by atoms with Crippen LogP contribution in [0.4, 0.5) is 47.3 Å². The Morgan fingerprint density at radius 2 is 1.47 bits per heavy atom. The van der Waals surface area contributed by atoms with Crippen LogP contribution in [0.5, 0.6) is 0 Å². The van der Waals surface area contributed by atoms with Gasteiger partial charge >= 0.3 is 30.4 Å². The monoisotopic (exact) mass is 634 g/mol. The van der Waals surface area contributed by atoms with E-state index in [1.807, 2.05) is 12.2 Å². The molecule has 4 amide bonds. The molecule has 3 aromatic rings. The zero-order chi connectivity index (χ0) is 32.9. The van der Waals surface area contributed by atoms with Crippen LogP contribution in [-0.2, 0) is 21.9 Å². The molecule has 0 radical (unpaired) electrons. The van der Waals surface area contributed by atoms with Crippen molar-refractivity contribution in [3.8, 4) is 0 Å². The van der Waals surface area contributed by atoms with Gasteiger partial charge in [-0.1, -0.05) is 49.4 Å². The molecule has 0 saturated heterocycles. The largest absolute Gasteiger partial charge is 0.463 e. The zero-order valence-electron chi connectivity index (χ0n) is 24.0. The van der Waals surface area contributed by atoms with Gasteiger partial charge in [-0.25, -0.2) is 14.4 Å². The molecule has 0 saturated carbocycles. The Morgan fingerprint density at radius 3 is 2.04 bits per heavy atom. The lowest BCUT2D eigenvalue weighted by molar-refractivity contribution is -0.143. The topological polar surface area (TPSA) is 99.8 Å². The lowest BCUT2D eigenvalue weighted by Gasteiger charge is -2.37. The Hall–Kier alpha value is -5.01. The molecule has 14 heteroatoms. The number of carbonyl (C=O) groups excluding carboxylic acids is 3. The minimum atomic E-state index is -5.09. The summed E-state index contributed by atoms with van der Waals surface area (Å²) in [7, 11) is 0. The van der Waals surface area contributed by atoms with Crippen LogP contribution in [0.25, 0.3) is 5.70 Å². The molecule has 238 valence electrons. The van der Waals surface area contributed by atoms with E-state index in [9.17, 15) is 40.7 Å². The molecule has 0 fully saturated rings. The normalized spacial score (nSPS) is 15.4. The number of anilines is 2. The Bertz CT molecular complexity index is 1570. The van der Waals surface area contributed by atoms with Crippen LogP contribution in [0.2, 0.25) is 0 Å². The summed E-state index contributed by atoms with van der Waals surface area (Å²) < 4.78 is 84.8. The first kappa shape index (κ1) is 32.9. The standard InChI is InChI=1S/C31H28F6N4O4/c1-3-13-41-26(18-9-6-5-7-10-18)24(27(42)45-4-2)25(40-29(41)44)19-11-8-12-22(14-19)38-28(43)39-23-16-20(30(32,33)34)15-21(17-23)31(35,36)37/h5-12,14-17,25H,3-4,13H2,1-2H3,(H,40,44)(H2,38,39,43). The van der Waals surface area contributed by atoms with Crippen molar-refractivity contribution >= 4 is 35.1 Å². The third-order valence-corrected chi connectivity index (χ3v) is 6.64. The highest BCUT2D eigenvalue weighted by Gasteiger charge is 2.39. The van der Waals surface area contributed by atoms with Gasteiger partial charge in [0.15, 0.2) is 0 Å². The molecule has 1 aliphatic heterocycles. The average molecular weight is 635 g/mol. The van der Waals surface area contributed by atoms with Crippen molar-refractivity contribution in [2.75, 3.05) is 23.8 Å². The third-order valence-electron chi connectivity index (χ3n) is 6.64. The Morgan fingerprint density at radius 1 is 0.844 bits per heavy atom. The number of nitrogens with zero attached hydrogens (tertiary/aromatic N) is 1. The summed E-state index contributed by atoms with van der Waals surface area (Å²) in [6.07, 6.45) is -9.61. The predicted molar refractivity (Wildman–Crippen MR) is 154 cm³/mol. The smallest absolute Gasteiger partial charge is 0.416 e. The van der Waals surface area contributed by atoms with Gasteiger partial charge in [0.1, 0.15) is 0 Å². The van der Waals surface area contributed by atoms with Crippen molar-refractivity contribution in [3.63, 3.8) is 0 Å². The van der Waals surface area contributed by atoms with E-state index in [4.69, 9.17) is 4.74 Å². The van der Waals surface area contributed by atoms with E-state index >= 15 is 0 Å². The molecule has 1 atom stereocenters. The van der Waals surface area contributed by atoms with Crippen molar-refractivity contribution in [1.82, 2.24) is 10.2 Å². The maximum Gasteiger partial charge on any atom is 0.416 e. The first-order valence-electron chi connectivity index (χ1n) is 13.7. The average Bonchev–Trinajstić information content (AvgIpc) is 2.97. The van der Waals surface area contributed by atoms with Crippen molar-refractivity contribution in [2.45, 2.75) is 38.7 Å². The minimum Gasteiger partial charge on any atom is -0.463 e. The summed E-state index contributed by atoms with van der Waals surface area (Å²) in [5.41, 5.74) is -2.45. The molecule has 0 aliphatic carbocycles. The summed E-state index contributed by atoms with van der Waals surface area (Å²) in [6, 6.07) is 12.7. The van der Waals surface area contributed by atoms with E-state index in [2.05, 4.69) is 10.6 Å². The van der Waals surface area contributed by atoms with E-state index in [-0.39, 0.29) is 23.9 Å². The van der Waals surface area contributed by atoms with Gasteiger partial charge in [-0.3, -0.25) is 4.90 Å². The van der Waals surface area contributed by atoms with Crippen LogP contribution >= 0.6 is 0 Å². The SMILES string of the molecule is CCCN1C(=O)NC(c2cccc(NC(=O)Nc3cc(C(F)(F)F)cc(C(F)(F)F)c3)c2)C(C(=O)OCC)=C1c1ccccc1. The minimum absolute atomic E-state index is 0.0478. The second-order valence-corrected chi connectivity index (χ2v) is 9.88. The summed E-state index contributed by atoms with van der Waals surface area (Å²) in [6.45, 7) is 3.84. The number of hydrogen-bond acceptors (Lipinski definition) is 4. The van der Waals surface area contributed by atoms with Crippen LogP contribution in [0.15, 0.2) is 78.4 Å². The molecule has 1 unspecified atom stereocenters. The predicted octanol–water partition coefficient (Wildman–Crippen LogP) is 7.82. The second-order valence-electron chi connectivity index (χ2n) is 9.88. The Balaban J connectivity index is 1.70. The number of ether oxygens (including phenoxy) is 1. The van der Waals surface area contributed by atoms with Crippen LogP contribution < -0.4 is 16.0 Å². The summed E-state index contributed by atoms with van der Waals surface area (Å²) in [5.74, 6) is -0.691. The molecular weight excluding hydrogens is 606 g/mol. The molecule has 1 heterocycles. The van der Waals surface area contributed by atoms with Gasteiger partial charge in [-0.2, -0.15) is 26.3 Å². The van der Waals surface area contributed by atoms with Crippen LogP contribution in [0, 0.1) is 0 Å². The number of alkyl halides is 6. The van der Waals surface area contributed by atoms with Crippen molar-refractivity contribution < 1.29 is 45.5 Å². The van der Waals surface area contributed by atoms with Crippen LogP contribution in [0.1, 0.15) is 48.6 Å². The van der Waals surface area contributed by atoms with Crippen LogP contribution in [-0.4, -0.2) is 36.1 Å². The molecule has 3 N–H and O–H groups in total. The molecule has 0 bridgehead atoms. The number of carbonyl (C=O) groups is 3. The van der Waals surface area contributed by atoms with Gasteiger partial charge in [0, 0.05) is 17.9 Å². The summed E-state index contributed by atoms with van der Waals surface area (Å²) >= 11 is 0. The highest BCUT2D eigenvalue weighted by molar-refractivity contribution is 6.05. The van der Waals surface area contributed by atoms with Crippen molar-refractivity contribution in [3.05, 3.63) is 101 Å². The van der Waals surface area contributed by atoms with Gasteiger partial charge in [-0.15, -0.1) is 0 Å². The van der Waals surface area contributed by atoms with Gasteiger partial charge in [0.05, 0.1) is 35.0 Å². The molecule has 0 spiro atoms. The fourth-order valence-electron chi connectivity index (χ4n) is 4.79. The molecule has 8 nitrogen and oxygen atoms in total. The van der Waals surface area contributed by atoms with Gasteiger partial charge in [0.2, 0.25) is 0 Å². The molecule has 45 heavy (non-hydrogen) atoms. The molecule has 1 aliphatic rings. The van der Waals surface area contributed by atoms with Gasteiger partial charge in [0.25, 0.3) is 0 Å². The summed E-state index contributed by atoms with van der Waals surface area (Å²) in [5, 5.41) is 7.18. The lowest BCUT2D eigenvalue weighted by Crippen LogP contribution is -2.48. The van der Waals surface area contributed by atoms with E-state index in [1.54, 1.807) is 43.3 Å². The third kappa shape index (κ3) is 7.75. The number of rotatable bonds is 8. The van der Waals surface area contributed by atoms with Crippen LogP contribution in [0.3, 0.4) is 0 Å².